The smallest absolute Gasteiger partial charge is 0.236 e. The highest BCUT2D eigenvalue weighted by Gasteiger charge is 2.32. The summed E-state index contributed by atoms with van der Waals surface area (Å²) in [5.74, 6) is 1.82. The van der Waals surface area contributed by atoms with Crippen molar-refractivity contribution in [2.45, 2.75) is 44.2 Å². The topological polar surface area (TPSA) is 96.6 Å². The lowest BCUT2D eigenvalue weighted by molar-refractivity contribution is -0.131. The van der Waals surface area contributed by atoms with Crippen LogP contribution in [0.5, 0.6) is 0 Å². The van der Waals surface area contributed by atoms with Crippen molar-refractivity contribution in [2.24, 2.45) is 0 Å². The maximum atomic E-state index is 12.3. The van der Waals surface area contributed by atoms with Gasteiger partial charge in [-0.1, -0.05) is 11.6 Å². The molecule has 1 aliphatic heterocycles. The van der Waals surface area contributed by atoms with Crippen molar-refractivity contribution in [3.05, 3.63) is 11.7 Å². The standard InChI is InChI=1S/C15H24N4O4S/c1-18(12-6-7-24(21,22)10-12)9-14(20)19(2)8-13-16-15(23-17-13)11-4-3-5-11/h11-12H,3-10H2,1-2H3. The van der Waals surface area contributed by atoms with E-state index in [0.29, 0.717) is 30.6 Å². The maximum Gasteiger partial charge on any atom is 0.236 e. The molecule has 2 heterocycles. The molecule has 1 atom stereocenters. The molecule has 1 saturated carbocycles. The fourth-order valence-corrected chi connectivity index (χ4v) is 4.84. The molecule has 0 aromatic carbocycles. The number of hydrogen-bond donors (Lipinski definition) is 0. The summed E-state index contributed by atoms with van der Waals surface area (Å²) in [5.41, 5.74) is 0. The van der Waals surface area contributed by atoms with Gasteiger partial charge < -0.3 is 9.42 Å². The molecule has 2 aliphatic rings. The molecule has 0 bridgehead atoms. The zero-order valence-electron chi connectivity index (χ0n) is 14.1. The van der Waals surface area contributed by atoms with Crippen LogP contribution in [0, 0.1) is 0 Å². The summed E-state index contributed by atoms with van der Waals surface area (Å²) in [6.07, 6.45) is 3.96. The van der Waals surface area contributed by atoms with Gasteiger partial charge in [-0.2, -0.15) is 4.98 Å². The highest BCUT2D eigenvalue weighted by molar-refractivity contribution is 7.91. The average Bonchev–Trinajstić information content (AvgIpc) is 3.03. The second kappa shape index (κ2) is 6.79. The van der Waals surface area contributed by atoms with Crippen molar-refractivity contribution in [1.29, 1.82) is 0 Å². The molecular formula is C15H24N4O4S. The minimum absolute atomic E-state index is 0.0808. The number of hydrogen-bond acceptors (Lipinski definition) is 7. The van der Waals surface area contributed by atoms with Gasteiger partial charge in [0.1, 0.15) is 0 Å². The number of carbonyl (C=O) groups excluding carboxylic acids is 1. The van der Waals surface area contributed by atoms with Gasteiger partial charge in [-0.15, -0.1) is 0 Å². The molecule has 24 heavy (non-hydrogen) atoms. The quantitative estimate of drug-likeness (QED) is 0.728. The summed E-state index contributed by atoms with van der Waals surface area (Å²) >= 11 is 0. The minimum Gasteiger partial charge on any atom is -0.339 e. The van der Waals surface area contributed by atoms with Crippen molar-refractivity contribution in [3.63, 3.8) is 0 Å². The van der Waals surface area contributed by atoms with Gasteiger partial charge in [0.15, 0.2) is 15.7 Å². The van der Waals surface area contributed by atoms with E-state index in [1.165, 1.54) is 6.42 Å². The molecule has 1 unspecified atom stereocenters. The summed E-state index contributed by atoms with van der Waals surface area (Å²) in [6, 6.07) is -0.0808. The Morgan fingerprint density at radius 1 is 1.29 bits per heavy atom. The van der Waals surface area contributed by atoms with E-state index in [1.807, 2.05) is 4.90 Å². The van der Waals surface area contributed by atoms with E-state index < -0.39 is 9.84 Å². The molecule has 134 valence electrons. The first-order valence-corrected chi connectivity index (χ1v) is 10.1. The minimum atomic E-state index is -2.95. The van der Waals surface area contributed by atoms with E-state index in [4.69, 9.17) is 4.52 Å². The Kier molecular flexibility index (Phi) is 4.91. The lowest BCUT2D eigenvalue weighted by Crippen LogP contribution is -2.41. The van der Waals surface area contributed by atoms with E-state index >= 15 is 0 Å². The van der Waals surface area contributed by atoms with Crippen LogP contribution in [0.4, 0.5) is 0 Å². The van der Waals surface area contributed by atoms with Gasteiger partial charge in [0, 0.05) is 19.0 Å². The Bertz CT molecular complexity index is 698. The third-order valence-corrected chi connectivity index (χ3v) is 6.71. The Hall–Kier alpha value is -1.48. The molecule has 0 spiro atoms. The second-order valence-corrected chi connectivity index (χ2v) is 9.13. The van der Waals surface area contributed by atoms with Gasteiger partial charge in [-0.05, 0) is 26.3 Å². The Morgan fingerprint density at radius 3 is 2.62 bits per heavy atom. The molecule has 0 radical (unpaired) electrons. The molecule has 2 fully saturated rings. The highest BCUT2D eigenvalue weighted by atomic mass is 32.2. The Morgan fingerprint density at radius 2 is 2.04 bits per heavy atom. The van der Waals surface area contributed by atoms with Crippen LogP contribution >= 0.6 is 0 Å². The number of rotatable bonds is 6. The third-order valence-electron chi connectivity index (χ3n) is 4.96. The van der Waals surface area contributed by atoms with Crippen molar-refractivity contribution in [1.82, 2.24) is 19.9 Å². The first kappa shape index (κ1) is 17.3. The molecule has 0 N–H and O–H groups in total. The zero-order valence-corrected chi connectivity index (χ0v) is 15.0. The van der Waals surface area contributed by atoms with Crippen LogP contribution in [-0.4, -0.2) is 72.5 Å². The molecule has 1 amide bonds. The Labute approximate surface area is 142 Å². The van der Waals surface area contributed by atoms with E-state index in [2.05, 4.69) is 10.1 Å². The van der Waals surface area contributed by atoms with Crippen LogP contribution in [0.1, 0.15) is 43.3 Å². The number of carbonyl (C=O) groups is 1. The lowest BCUT2D eigenvalue weighted by Gasteiger charge is -2.25. The first-order chi connectivity index (χ1) is 11.3. The normalized spacial score (nSPS) is 23.4. The Balaban J connectivity index is 1.50. The van der Waals surface area contributed by atoms with Crippen molar-refractivity contribution in [3.8, 4) is 0 Å². The van der Waals surface area contributed by atoms with Gasteiger partial charge in [-0.3, -0.25) is 9.69 Å². The van der Waals surface area contributed by atoms with E-state index in [9.17, 15) is 13.2 Å². The number of aromatic nitrogens is 2. The van der Waals surface area contributed by atoms with Gasteiger partial charge in [0.25, 0.3) is 0 Å². The van der Waals surface area contributed by atoms with E-state index in [0.717, 1.165) is 12.8 Å². The SMILES string of the molecule is CN(Cc1noc(C2CCC2)n1)C(=O)CN(C)C1CCS(=O)(=O)C1. The van der Waals surface area contributed by atoms with Crippen LogP contribution in [0.2, 0.25) is 0 Å². The number of amides is 1. The highest BCUT2D eigenvalue weighted by Crippen LogP contribution is 2.35. The molecule has 1 aromatic rings. The average molecular weight is 356 g/mol. The van der Waals surface area contributed by atoms with Crippen molar-refractivity contribution in [2.75, 3.05) is 32.1 Å². The fourth-order valence-electron chi connectivity index (χ4n) is 3.04. The van der Waals surface area contributed by atoms with Crippen LogP contribution in [0.3, 0.4) is 0 Å². The number of nitrogens with zero attached hydrogens (tertiary/aromatic N) is 4. The van der Waals surface area contributed by atoms with Crippen LogP contribution in [0.25, 0.3) is 0 Å². The number of sulfone groups is 1. The molecule has 1 aliphatic carbocycles. The summed E-state index contributed by atoms with van der Waals surface area (Å²) in [6.45, 7) is 0.482. The molecule has 3 rings (SSSR count). The van der Waals surface area contributed by atoms with Crippen molar-refractivity contribution >= 4 is 15.7 Å². The first-order valence-electron chi connectivity index (χ1n) is 8.31. The summed E-state index contributed by atoms with van der Waals surface area (Å²) < 4.78 is 28.3. The van der Waals surface area contributed by atoms with Gasteiger partial charge in [0.05, 0.1) is 24.6 Å². The number of likely N-dealkylation sites (N-methyl/N-ethyl adjacent to an activating group) is 2. The van der Waals surface area contributed by atoms with E-state index in [-0.39, 0.29) is 30.0 Å². The zero-order chi connectivity index (χ0) is 17.3. The van der Waals surface area contributed by atoms with Crippen LogP contribution in [0.15, 0.2) is 4.52 Å². The third kappa shape index (κ3) is 3.94. The largest absolute Gasteiger partial charge is 0.339 e. The summed E-state index contributed by atoms with van der Waals surface area (Å²) in [7, 11) is 0.541. The molecular weight excluding hydrogens is 332 g/mol. The summed E-state index contributed by atoms with van der Waals surface area (Å²) in [5, 5.41) is 3.94. The second-order valence-electron chi connectivity index (χ2n) is 6.90. The summed E-state index contributed by atoms with van der Waals surface area (Å²) in [4.78, 5) is 20.1. The van der Waals surface area contributed by atoms with Gasteiger partial charge >= 0.3 is 0 Å². The van der Waals surface area contributed by atoms with Crippen LogP contribution < -0.4 is 0 Å². The molecule has 1 aromatic heterocycles. The lowest BCUT2D eigenvalue weighted by atomic mass is 9.85. The molecule has 9 heteroatoms. The van der Waals surface area contributed by atoms with Gasteiger partial charge in [0.2, 0.25) is 11.8 Å². The van der Waals surface area contributed by atoms with Crippen LogP contribution in [-0.2, 0) is 21.2 Å². The monoisotopic (exact) mass is 356 g/mol. The van der Waals surface area contributed by atoms with E-state index in [1.54, 1.807) is 19.0 Å². The molecule has 1 saturated heterocycles. The maximum absolute atomic E-state index is 12.3. The van der Waals surface area contributed by atoms with Crippen molar-refractivity contribution < 1.29 is 17.7 Å². The molecule has 8 nitrogen and oxygen atoms in total. The fraction of sp³-hybridized carbons (Fsp3) is 0.800. The predicted octanol–water partition coefficient (Wildman–Crippen LogP) is 0.414. The van der Waals surface area contributed by atoms with Gasteiger partial charge in [-0.25, -0.2) is 8.42 Å². The predicted molar refractivity (Wildman–Crippen MR) is 87.1 cm³/mol.